The lowest BCUT2D eigenvalue weighted by Gasteiger charge is -2.19. The van der Waals surface area contributed by atoms with Crippen molar-refractivity contribution in [3.05, 3.63) is 308 Å². The molecule has 12 heterocycles. The normalized spacial score (nSPS) is 21.8. The summed E-state index contributed by atoms with van der Waals surface area (Å²) in [6, 6.07) is 61.3. The van der Waals surface area contributed by atoms with E-state index in [1.54, 1.807) is 36.9 Å². The molecule has 4 fully saturated rings. The zero-order valence-corrected chi connectivity index (χ0v) is 73.4. The number of aryl methyl sites for hydroxylation is 4. The van der Waals surface area contributed by atoms with E-state index in [1.807, 2.05) is 185 Å². The highest BCUT2D eigenvalue weighted by molar-refractivity contribution is 5.96. The number of ether oxygens (including phenoxy) is 8. The minimum atomic E-state index is -0.268. The zero-order chi connectivity index (χ0) is 90.8. The minimum absolute atomic E-state index is 0.0235. The number of fused-ring (bicyclic) bond motifs is 16. The number of benzene rings is 8. The Bertz CT molecular complexity index is 6720. The second kappa shape index (κ2) is 35.8. The molecular weight excluding hydrogens is 1680 g/mol. The average molecular weight is 1780 g/mol. The first-order chi connectivity index (χ1) is 64.7. The second-order valence-corrected chi connectivity index (χ2v) is 36.6. The van der Waals surface area contributed by atoms with Gasteiger partial charge in [0.05, 0.1) is 0 Å². The number of hydrogen-bond donors (Lipinski definition) is 4. The molecule has 670 valence electrons. The molecule has 0 unspecified atom stereocenters. The number of nitrogens with zero attached hydrogens (tertiary/aromatic N) is 4. The van der Waals surface area contributed by atoms with Crippen molar-refractivity contribution >= 4 is 70.0 Å². The third kappa shape index (κ3) is 18.4. The number of pyridine rings is 4. The highest BCUT2D eigenvalue weighted by atomic mass is 19.1. The lowest BCUT2D eigenvalue weighted by Crippen LogP contribution is -2.20. The van der Waals surface area contributed by atoms with Crippen LogP contribution in [0.2, 0.25) is 0 Å². The lowest BCUT2D eigenvalue weighted by molar-refractivity contribution is -0.120. The monoisotopic (exact) mass is 1780 g/mol. The van der Waals surface area contributed by atoms with Gasteiger partial charge in [0.2, 0.25) is 23.6 Å². The first-order valence-electron chi connectivity index (χ1n) is 45.7. The van der Waals surface area contributed by atoms with Crippen LogP contribution in [-0.4, -0.2) is 91.1 Å². The fraction of sp³-hybridized carbons (Fsp3) is 0.296. The fourth-order valence-electron chi connectivity index (χ4n) is 20.3. The van der Waals surface area contributed by atoms with Crippen molar-refractivity contribution < 1.29 is 80.6 Å². The van der Waals surface area contributed by atoms with Gasteiger partial charge in [-0.3, -0.25) is 38.4 Å². The first-order valence-corrected chi connectivity index (χ1v) is 45.7. The molecule has 12 aromatic rings. The summed E-state index contributed by atoms with van der Waals surface area (Å²) < 4.78 is 62.2. The molecule has 0 saturated heterocycles. The zero-order valence-electron chi connectivity index (χ0n) is 73.4. The number of carbonyl (C=O) groups is 8. The van der Waals surface area contributed by atoms with Gasteiger partial charge in [-0.15, -0.1) is 0 Å². The van der Waals surface area contributed by atoms with Crippen LogP contribution in [0.4, 0.5) is 27.7 Å². The SMILES string of the molecule is Cc1ccc(CC(=O)C[C@@H]2[C@H]3Oc4ccc(Oc5ccnc6c5CCC(=O)N6)cc4[C@@H]23)cc1.Cc1cccc(CC(=O)C[C@@H]2[C@H]3Oc4ccc(Oc5ccnc6c5CCC(=O)N6)cc4[C@@H]23)c1.Cc1ccccc1CC(=O)C[C@@H]1[C@H]2Oc3ccc(Oc4ccnc5c4CCC(=O)N5)cc3[C@@H]12.O=C(CCc1ccc(F)cc1)C[C@@H]1[C@H]2Oc3ccc(Oc4ccnc5c4CCC(=O)N5)cc3[C@@H]12. The van der Waals surface area contributed by atoms with Crippen LogP contribution >= 0.6 is 0 Å². The number of rotatable bonds is 25. The molecule has 25 heteroatoms. The summed E-state index contributed by atoms with van der Waals surface area (Å²) in [6.07, 6.45) is 15.5. The number of amides is 4. The van der Waals surface area contributed by atoms with E-state index in [0.717, 1.165) is 113 Å². The number of ketones is 4. The molecule has 24 rings (SSSR count). The highest BCUT2D eigenvalue weighted by Gasteiger charge is 2.62. The third-order valence-corrected chi connectivity index (χ3v) is 27.3. The van der Waals surface area contributed by atoms with E-state index in [0.29, 0.717) is 161 Å². The molecule has 4 amide bonds. The molecule has 12 atom stereocenters. The maximum atomic E-state index is 13.1. The minimum Gasteiger partial charge on any atom is -0.489 e. The summed E-state index contributed by atoms with van der Waals surface area (Å²) in [4.78, 5) is 114. The van der Waals surface area contributed by atoms with Gasteiger partial charge in [-0.1, -0.05) is 96.1 Å². The number of halogens is 1. The Morgan fingerprint density at radius 1 is 0.346 bits per heavy atom. The van der Waals surface area contributed by atoms with Crippen LogP contribution in [0.1, 0.15) is 165 Å². The van der Waals surface area contributed by atoms with Gasteiger partial charge in [-0.25, -0.2) is 24.3 Å². The predicted octanol–water partition coefficient (Wildman–Crippen LogP) is 19.2. The van der Waals surface area contributed by atoms with Crippen molar-refractivity contribution in [3.8, 4) is 69.0 Å². The van der Waals surface area contributed by atoms with Crippen LogP contribution in [0.15, 0.2) is 219 Å². The molecule has 8 aromatic carbocycles. The van der Waals surface area contributed by atoms with Crippen molar-refractivity contribution in [2.45, 2.75) is 178 Å². The largest absolute Gasteiger partial charge is 0.489 e. The highest BCUT2D eigenvalue weighted by Crippen LogP contribution is 2.64. The molecule has 4 aromatic heterocycles. The number of Topliss-reactive ketones (excluding diaryl/α,β-unsaturated/α-hetero) is 4. The molecule has 4 aliphatic carbocycles. The molecule has 133 heavy (non-hydrogen) atoms. The van der Waals surface area contributed by atoms with Crippen LogP contribution in [0.25, 0.3) is 0 Å². The lowest BCUT2D eigenvalue weighted by atomic mass is 9.99. The average Bonchev–Trinajstić information content (AvgIpc) is 1.57. The van der Waals surface area contributed by atoms with Crippen molar-refractivity contribution in [3.63, 3.8) is 0 Å². The van der Waals surface area contributed by atoms with E-state index in [1.165, 1.54) is 23.3 Å². The molecule has 4 N–H and O–H groups in total. The van der Waals surface area contributed by atoms with Crippen molar-refractivity contribution in [1.29, 1.82) is 0 Å². The van der Waals surface area contributed by atoms with E-state index in [2.05, 4.69) is 47.3 Å². The smallest absolute Gasteiger partial charge is 0.225 e. The van der Waals surface area contributed by atoms with Gasteiger partial charge in [-0.05, 0) is 190 Å². The Hall–Kier alpha value is -14.8. The molecule has 0 spiro atoms. The van der Waals surface area contributed by atoms with E-state index < -0.39 is 0 Å². The topological polar surface area (TPSA) is 310 Å². The summed E-state index contributed by atoms with van der Waals surface area (Å²) in [5, 5.41) is 11.2. The summed E-state index contributed by atoms with van der Waals surface area (Å²) in [5.74, 6) is 13.8. The van der Waals surface area contributed by atoms with E-state index in [4.69, 9.17) is 37.9 Å². The fourth-order valence-corrected chi connectivity index (χ4v) is 20.3. The van der Waals surface area contributed by atoms with Gasteiger partial charge >= 0.3 is 0 Å². The van der Waals surface area contributed by atoms with Crippen molar-refractivity contribution in [1.82, 2.24) is 19.9 Å². The van der Waals surface area contributed by atoms with Crippen LogP contribution in [0.3, 0.4) is 0 Å². The van der Waals surface area contributed by atoms with E-state index in [-0.39, 0.29) is 124 Å². The number of carbonyl (C=O) groups excluding carboxylic acids is 8. The van der Waals surface area contributed by atoms with E-state index in [9.17, 15) is 42.7 Å². The first kappa shape index (κ1) is 85.1. The molecular formula is C108H95FN8O16. The summed E-state index contributed by atoms with van der Waals surface area (Å²) in [5.41, 5.74) is 15.8. The molecule has 0 radical (unpaired) electrons. The molecule has 8 aliphatic heterocycles. The van der Waals surface area contributed by atoms with Gasteiger partial charge in [0.15, 0.2) is 0 Å². The Morgan fingerprint density at radius 3 is 1.06 bits per heavy atom. The third-order valence-electron chi connectivity index (χ3n) is 27.3. The predicted molar refractivity (Wildman–Crippen MR) is 491 cm³/mol. The van der Waals surface area contributed by atoms with Gasteiger partial charge < -0.3 is 59.2 Å². The molecule has 12 aliphatic rings. The molecule has 0 bridgehead atoms. The van der Waals surface area contributed by atoms with Gasteiger partial charge in [-0.2, -0.15) is 0 Å². The standard InChI is InChI=1S/C27H23FN2O4.3C27H24N2O4/c28-16-4-1-15(2-5-16)3-6-17(31)13-21-25-20-14-18(7-9-22(20)34-26(21)25)33-23-11-12-29-27-19(23)8-10-24(32)30-27;1-15-2-4-16(5-3-15)12-17(30)13-21-25-20-14-18(6-8-22(20)33-26(21)25)32-23-10-11-28-27-19(23)7-9-24(31)29-27;1-15-3-2-4-16(11-15)12-17(30)13-21-25-20-14-18(5-7-22(20)33-26(21)25)32-23-9-10-28-27-19(23)6-8-24(31)29-27;1-15-4-2-3-5-16(15)12-17(30)13-21-25-20-14-18(6-8-22(20)33-26(21)25)32-23-10-11-28-27-19(23)7-9-24(31)29-27/h1-2,4-5,7,9,11-12,14,21,25-26H,3,6,8,10,13H2,(H,29,30,32);2-6,8,10-11,14,21,25-26H,7,9,12-13H2,1H3,(H,28,29,31);2-5,7,9-11,14,21,25-26H,6,8,12-13H2,1H3,(H,28,29,31);2-6,8,10-11,14,21,25-26H,7,9,12-13H2,1H3,(H,28,29,31)/t4*21-,25-,26+/m0000/s1. The van der Waals surface area contributed by atoms with Crippen LogP contribution in [0, 0.1) is 50.3 Å². The number of anilines is 4. The maximum absolute atomic E-state index is 13.1. The summed E-state index contributed by atoms with van der Waals surface area (Å²) >= 11 is 0. The quantitative estimate of drug-likeness (QED) is 0.0413. The van der Waals surface area contributed by atoms with Crippen molar-refractivity contribution in [2.75, 3.05) is 21.3 Å². The Labute approximate surface area is 766 Å². The van der Waals surface area contributed by atoms with E-state index >= 15 is 0 Å². The Morgan fingerprint density at radius 2 is 0.692 bits per heavy atom. The maximum Gasteiger partial charge on any atom is 0.225 e. The van der Waals surface area contributed by atoms with Crippen LogP contribution in [0.5, 0.6) is 69.0 Å². The van der Waals surface area contributed by atoms with Crippen LogP contribution in [-0.2, 0) is 89.7 Å². The van der Waals surface area contributed by atoms with Gasteiger partial charge in [0.25, 0.3) is 0 Å². The second-order valence-electron chi connectivity index (χ2n) is 36.6. The number of aromatic nitrogens is 4. The summed E-state index contributed by atoms with van der Waals surface area (Å²) in [7, 11) is 0. The molecule has 24 nitrogen and oxygen atoms in total. The Balaban J connectivity index is 0.000000107. The van der Waals surface area contributed by atoms with Crippen molar-refractivity contribution in [2.24, 2.45) is 23.7 Å². The molecule has 4 saturated carbocycles. The number of nitrogens with one attached hydrogen (secondary N) is 4. The van der Waals surface area contributed by atoms with Gasteiger partial charge in [0.1, 0.15) is 146 Å². The van der Waals surface area contributed by atoms with Crippen LogP contribution < -0.4 is 59.2 Å². The van der Waals surface area contributed by atoms with Gasteiger partial charge in [0, 0.05) is 194 Å². The Kier molecular flexibility index (Phi) is 22.9. The number of hydrogen-bond acceptors (Lipinski definition) is 20. The summed E-state index contributed by atoms with van der Waals surface area (Å²) in [6.45, 7) is 6.13.